The van der Waals surface area contributed by atoms with Gasteiger partial charge >= 0.3 is 0 Å². The molecule has 0 amide bonds. The smallest absolute Gasteiger partial charge is 0.223 e. The highest BCUT2D eigenvalue weighted by molar-refractivity contribution is 6.33. The molecule has 0 aliphatic carbocycles. The highest BCUT2D eigenvalue weighted by atomic mass is 35.5. The van der Waals surface area contributed by atoms with Crippen LogP contribution in [0.15, 0.2) is 18.3 Å². The van der Waals surface area contributed by atoms with Gasteiger partial charge in [0.05, 0.1) is 47.7 Å². The van der Waals surface area contributed by atoms with Crippen molar-refractivity contribution in [2.24, 2.45) is 0 Å². The standard InChI is InChI=1S/C20H22ClFN6O2/c1-10-6-23-8-17-26-19-13(22)4-11(5-15(19)28(10)17)18-12(21)7-24-20(27-18)25-14-2-3-30-9-16(14)29/h4-5,7,10,14,16,23,29H,2-3,6,8-9H2,1H3,(H,24,25,27)/t10?,14-,16-/m1/s1. The van der Waals surface area contributed by atoms with Crippen molar-refractivity contribution in [1.29, 1.82) is 0 Å². The topological polar surface area (TPSA) is 97.1 Å². The van der Waals surface area contributed by atoms with Crippen LogP contribution in [0, 0.1) is 5.82 Å². The molecule has 1 saturated heterocycles. The summed E-state index contributed by atoms with van der Waals surface area (Å²) in [5.41, 5.74) is 2.04. The Morgan fingerprint density at radius 2 is 2.23 bits per heavy atom. The molecule has 1 fully saturated rings. The van der Waals surface area contributed by atoms with E-state index in [1.54, 1.807) is 0 Å². The van der Waals surface area contributed by atoms with Crippen LogP contribution in [-0.4, -0.2) is 56.5 Å². The van der Waals surface area contributed by atoms with Crippen LogP contribution in [0.1, 0.15) is 25.2 Å². The van der Waals surface area contributed by atoms with Crippen LogP contribution >= 0.6 is 11.6 Å². The second-order valence-corrected chi connectivity index (χ2v) is 8.18. The molecule has 5 rings (SSSR count). The fourth-order valence-corrected chi connectivity index (χ4v) is 4.33. The summed E-state index contributed by atoms with van der Waals surface area (Å²) in [5, 5.41) is 16.9. The second kappa shape index (κ2) is 7.73. The van der Waals surface area contributed by atoms with Crippen molar-refractivity contribution in [3.05, 3.63) is 35.0 Å². The van der Waals surface area contributed by atoms with Gasteiger partial charge in [0.15, 0.2) is 5.82 Å². The van der Waals surface area contributed by atoms with Gasteiger partial charge in [0.2, 0.25) is 5.95 Å². The van der Waals surface area contributed by atoms with Gasteiger partial charge in [-0.2, -0.15) is 0 Å². The number of aliphatic hydroxyl groups is 1. The quantitative estimate of drug-likeness (QED) is 0.585. The molecule has 3 aromatic rings. The van der Waals surface area contributed by atoms with Crippen molar-refractivity contribution in [1.82, 2.24) is 24.8 Å². The largest absolute Gasteiger partial charge is 0.389 e. The van der Waals surface area contributed by atoms with Crippen LogP contribution in [0.5, 0.6) is 0 Å². The van der Waals surface area contributed by atoms with Gasteiger partial charge < -0.3 is 25.0 Å². The van der Waals surface area contributed by atoms with Crippen LogP contribution in [0.4, 0.5) is 10.3 Å². The van der Waals surface area contributed by atoms with E-state index in [4.69, 9.17) is 16.3 Å². The molecule has 3 atom stereocenters. The number of halogens is 2. The predicted molar refractivity (Wildman–Crippen MR) is 111 cm³/mol. The summed E-state index contributed by atoms with van der Waals surface area (Å²) in [6.45, 7) is 4.28. The molecule has 2 aliphatic heterocycles. The van der Waals surface area contributed by atoms with Crippen LogP contribution in [0.25, 0.3) is 22.3 Å². The maximum absolute atomic E-state index is 15.0. The number of nitrogens with zero attached hydrogens (tertiary/aromatic N) is 4. The number of anilines is 1. The predicted octanol–water partition coefficient (Wildman–Crippen LogP) is 2.51. The molecule has 1 unspecified atom stereocenters. The molecule has 8 nitrogen and oxygen atoms in total. The molecule has 0 bridgehead atoms. The molecule has 30 heavy (non-hydrogen) atoms. The SMILES string of the molecule is CC1CNCc2nc3c(F)cc(-c4nc(N[C@@H]5CCOC[C@H]5O)ncc4Cl)cc3n21. The minimum atomic E-state index is -0.649. The van der Waals surface area contributed by atoms with Crippen LogP contribution in [0.3, 0.4) is 0 Å². The fraction of sp³-hybridized carbons (Fsp3) is 0.450. The average molecular weight is 433 g/mol. The number of ether oxygens (including phenoxy) is 1. The molecule has 158 valence electrons. The summed E-state index contributed by atoms with van der Waals surface area (Å²) in [4.78, 5) is 13.2. The van der Waals surface area contributed by atoms with Gasteiger partial charge in [0, 0.05) is 24.8 Å². The summed E-state index contributed by atoms with van der Waals surface area (Å²) >= 11 is 6.37. The molecule has 2 aliphatic rings. The van der Waals surface area contributed by atoms with Gasteiger partial charge in [-0.15, -0.1) is 0 Å². The van der Waals surface area contributed by atoms with Crippen molar-refractivity contribution < 1.29 is 14.2 Å². The monoisotopic (exact) mass is 432 g/mol. The van der Waals surface area contributed by atoms with Gasteiger partial charge in [-0.25, -0.2) is 19.3 Å². The average Bonchev–Trinajstić information content (AvgIpc) is 3.12. The Morgan fingerprint density at radius 3 is 3.07 bits per heavy atom. The van der Waals surface area contributed by atoms with E-state index in [9.17, 15) is 9.50 Å². The van der Waals surface area contributed by atoms with Crippen molar-refractivity contribution in [3.63, 3.8) is 0 Å². The van der Waals surface area contributed by atoms with Gasteiger partial charge in [-0.05, 0) is 25.5 Å². The number of aromatic nitrogens is 4. The van der Waals surface area contributed by atoms with E-state index in [-0.39, 0.29) is 18.7 Å². The summed E-state index contributed by atoms with van der Waals surface area (Å²) in [6, 6.07) is 3.21. The Balaban J connectivity index is 1.55. The minimum absolute atomic E-state index is 0.154. The summed E-state index contributed by atoms with van der Waals surface area (Å²) in [5.74, 6) is 0.721. The number of rotatable bonds is 3. The highest BCUT2D eigenvalue weighted by Gasteiger charge is 2.25. The number of aliphatic hydroxyl groups excluding tert-OH is 1. The molecule has 4 heterocycles. The van der Waals surface area contributed by atoms with Crippen LogP contribution in [0.2, 0.25) is 5.02 Å². The third-order valence-electron chi connectivity index (χ3n) is 5.64. The lowest BCUT2D eigenvalue weighted by Crippen LogP contribution is -2.42. The molecular weight excluding hydrogens is 411 g/mol. The molecule has 0 spiro atoms. The van der Waals surface area contributed by atoms with Gasteiger partial charge in [0.25, 0.3) is 0 Å². The Morgan fingerprint density at radius 1 is 1.37 bits per heavy atom. The van der Waals surface area contributed by atoms with E-state index in [1.807, 2.05) is 6.07 Å². The first-order chi connectivity index (χ1) is 14.5. The van der Waals surface area contributed by atoms with Gasteiger partial charge in [-0.1, -0.05) is 11.6 Å². The summed E-state index contributed by atoms with van der Waals surface area (Å²) in [6.07, 6.45) is 1.47. The third kappa shape index (κ3) is 3.41. The Hall–Kier alpha value is -2.33. The number of benzene rings is 1. The molecule has 2 aromatic heterocycles. The van der Waals surface area contributed by atoms with E-state index in [0.29, 0.717) is 47.3 Å². The number of hydrogen-bond acceptors (Lipinski definition) is 7. The van der Waals surface area contributed by atoms with Crippen molar-refractivity contribution in [2.75, 3.05) is 25.1 Å². The number of fused-ring (bicyclic) bond motifs is 3. The molecule has 0 radical (unpaired) electrons. The van der Waals surface area contributed by atoms with Crippen molar-refractivity contribution >= 4 is 28.6 Å². The van der Waals surface area contributed by atoms with E-state index >= 15 is 0 Å². The second-order valence-electron chi connectivity index (χ2n) is 7.78. The normalized spacial score (nSPS) is 24.1. The zero-order chi connectivity index (χ0) is 20.8. The van der Waals surface area contributed by atoms with E-state index < -0.39 is 11.9 Å². The Labute approximate surface area is 177 Å². The van der Waals surface area contributed by atoms with E-state index in [0.717, 1.165) is 17.9 Å². The molecule has 1 aromatic carbocycles. The van der Waals surface area contributed by atoms with Crippen LogP contribution < -0.4 is 10.6 Å². The fourth-order valence-electron chi connectivity index (χ4n) is 4.13. The molecule has 0 saturated carbocycles. The van der Waals surface area contributed by atoms with Crippen molar-refractivity contribution in [3.8, 4) is 11.3 Å². The first-order valence-corrected chi connectivity index (χ1v) is 10.4. The zero-order valence-electron chi connectivity index (χ0n) is 16.4. The molecule has 10 heteroatoms. The van der Waals surface area contributed by atoms with Gasteiger partial charge in [0.1, 0.15) is 11.3 Å². The molecular formula is C20H22ClFN6O2. The number of imidazole rings is 1. The molecule has 3 N–H and O–H groups in total. The maximum atomic E-state index is 15.0. The van der Waals surface area contributed by atoms with E-state index in [1.165, 1.54) is 12.3 Å². The lowest BCUT2D eigenvalue weighted by Gasteiger charge is -2.28. The van der Waals surface area contributed by atoms with Crippen LogP contribution in [-0.2, 0) is 11.3 Å². The zero-order valence-corrected chi connectivity index (χ0v) is 17.2. The highest BCUT2D eigenvalue weighted by Crippen LogP contribution is 2.33. The van der Waals surface area contributed by atoms with Gasteiger partial charge in [-0.3, -0.25) is 0 Å². The lowest BCUT2D eigenvalue weighted by atomic mass is 10.1. The first-order valence-electron chi connectivity index (χ1n) is 9.97. The lowest BCUT2D eigenvalue weighted by molar-refractivity contribution is -0.0136. The summed E-state index contributed by atoms with van der Waals surface area (Å²) in [7, 11) is 0. The first kappa shape index (κ1) is 19.6. The Bertz CT molecular complexity index is 1110. The van der Waals surface area contributed by atoms with E-state index in [2.05, 4.69) is 37.1 Å². The third-order valence-corrected chi connectivity index (χ3v) is 5.92. The van der Waals surface area contributed by atoms with Crippen molar-refractivity contribution in [2.45, 2.75) is 38.1 Å². The minimum Gasteiger partial charge on any atom is -0.389 e. The maximum Gasteiger partial charge on any atom is 0.223 e. The number of nitrogens with one attached hydrogen (secondary N) is 2. The number of hydrogen-bond donors (Lipinski definition) is 3. The Kier molecular flexibility index (Phi) is 5.06. The summed E-state index contributed by atoms with van der Waals surface area (Å²) < 4.78 is 22.3.